The maximum absolute atomic E-state index is 12.9. The van der Waals surface area contributed by atoms with Crippen molar-refractivity contribution in [3.05, 3.63) is 99.5 Å². The molecule has 1 fully saturated rings. The molecule has 0 radical (unpaired) electrons. The quantitative estimate of drug-likeness (QED) is 0.609. The fraction of sp³-hybridized carbons (Fsp3) is 0.269. The monoisotopic (exact) mass is 461 g/mol. The van der Waals surface area contributed by atoms with Crippen molar-refractivity contribution < 1.29 is 9.59 Å². The van der Waals surface area contributed by atoms with Crippen molar-refractivity contribution >= 4 is 29.3 Å². The third-order valence-corrected chi connectivity index (χ3v) is 6.57. The molecule has 6 nitrogen and oxygen atoms in total. The summed E-state index contributed by atoms with van der Waals surface area (Å²) in [7, 11) is 0. The molecule has 1 aliphatic rings. The fourth-order valence-electron chi connectivity index (χ4n) is 3.84. The zero-order chi connectivity index (χ0) is 23.2. The van der Waals surface area contributed by atoms with Crippen LogP contribution in [-0.2, 0) is 17.8 Å². The number of thioether (sulfide) groups is 1. The number of carbonyl (C=O) groups excluding carboxylic acids is 2. The summed E-state index contributed by atoms with van der Waals surface area (Å²) in [5, 5.41) is 2.79. The van der Waals surface area contributed by atoms with Crippen LogP contribution in [-0.4, -0.2) is 45.9 Å². The summed E-state index contributed by atoms with van der Waals surface area (Å²) in [5.74, 6) is 1.66. The Morgan fingerprint density at radius 1 is 0.970 bits per heavy atom. The van der Waals surface area contributed by atoms with E-state index in [0.29, 0.717) is 18.7 Å². The van der Waals surface area contributed by atoms with Gasteiger partial charge in [0, 0.05) is 36.5 Å². The van der Waals surface area contributed by atoms with Crippen molar-refractivity contribution in [2.75, 3.05) is 29.9 Å². The summed E-state index contributed by atoms with van der Waals surface area (Å²) in [6, 6.07) is 18.4. The number of aromatic nitrogens is 1. The molecule has 2 aromatic carbocycles. The number of pyridine rings is 1. The van der Waals surface area contributed by atoms with Gasteiger partial charge in [-0.1, -0.05) is 42.0 Å². The first-order valence-corrected chi connectivity index (χ1v) is 12.2. The lowest BCUT2D eigenvalue weighted by molar-refractivity contribution is -0.130. The van der Waals surface area contributed by atoms with E-state index in [1.807, 2.05) is 60.0 Å². The van der Waals surface area contributed by atoms with E-state index >= 15 is 0 Å². The highest BCUT2D eigenvalue weighted by Gasteiger charge is 2.17. The molecule has 1 saturated heterocycles. The van der Waals surface area contributed by atoms with Crippen molar-refractivity contribution in [1.82, 2.24) is 9.47 Å². The molecule has 33 heavy (non-hydrogen) atoms. The molecule has 0 saturated carbocycles. The highest BCUT2D eigenvalue weighted by Crippen LogP contribution is 2.14. The number of carbonyl (C=O) groups is 2. The Hall–Kier alpha value is -3.32. The number of benzene rings is 2. The van der Waals surface area contributed by atoms with Crippen LogP contribution in [0.4, 0.5) is 5.69 Å². The molecule has 2 heterocycles. The van der Waals surface area contributed by atoms with Crippen molar-refractivity contribution in [2.45, 2.75) is 19.9 Å². The van der Waals surface area contributed by atoms with Crippen LogP contribution in [0, 0.1) is 6.92 Å². The predicted octanol–water partition coefficient (Wildman–Crippen LogP) is 3.58. The smallest absolute Gasteiger partial charge is 0.263 e. The Labute approximate surface area is 197 Å². The Kier molecular flexibility index (Phi) is 7.29. The van der Waals surface area contributed by atoms with E-state index in [0.717, 1.165) is 41.3 Å². The Morgan fingerprint density at radius 3 is 2.45 bits per heavy atom. The second-order valence-electron chi connectivity index (χ2n) is 8.16. The molecule has 0 atom stereocenters. The number of nitrogens with one attached hydrogen (secondary N) is 1. The zero-order valence-electron chi connectivity index (χ0n) is 18.6. The third-order valence-electron chi connectivity index (χ3n) is 5.63. The number of rotatable bonds is 6. The zero-order valence-corrected chi connectivity index (χ0v) is 19.4. The molecule has 1 aliphatic heterocycles. The molecule has 4 rings (SSSR count). The van der Waals surface area contributed by atoms with Gasteiger partial charge in [0.05, 0.1) is 13.0 Å². The van der Waals surface area contributed by atoms with Crippen LogP contribution in [0.2, 0.25) is 0 Å². The van der Waals surface area contributed by atoms with Crippen molar-refractivity contribution in [3.63, 3.8) is 0 Å². The summed E-state index contributed by atoms with van der Waals surface area (Å²) in [4.78, 5) is 40.0. The van der Waals surface area contributed by atoms with E-state index in [1.54, 1.807) is 24.4 Å². The maximum atomic E-state index is 12.9. The second kappa shape index (κ2) is 10.5. The first-order valence-electron chi connectivity index (χ1n) is 11.0. The molecule has 1 aromatic heterocycles. The van der Waals surface area contributed by atoms with Gasteiger partial charge in [0.1, 0.15) is 5.56 Å². The molecule has 3 aromatic rings. The van der Waals surface area contributed by atoms with Gasteiger partial charge in [-0.2, -0.15) is 11.8 Å². The number of hydrogen-bond donors (Lipinski definition) is 1. The van der Waals surface area contributed by atoms with Crippen molar-refractivity contribution in [2.24, 2.45) is 0 Å². The Morgan fingerprint density at radius 2 is 1.73 bits per heavy atom. The minimum absolute atomic E-state index is 0.0902. The average molecular weight is 462 g/mol. The maximum Gasteiger partial charge on any atom is 0.263 e. The van der Waals surface area contributed by atoms with E-state index < -0.39 is 5.91 Å². The second-order valence-corrected chi connectivity index (χ2v) is 9.39. The van der Waals surface area contributed by atoms with Crippen LogP contribution in [0.15, 0.2) is 71.7 Å². The average Bonchev–Trinajstić information content (AvgIpc) is 2.82. The number of amides is 2. The fourth-order valence-corrected chi connectivity index (χ4v) is 4.75. The number of aryl methyl sites for hydroxylation is 1. The normalized spacial score (nSPS) is 13.5. The van der Waals surface area contributed by atoms with Crippen LogP contribution in [0.3, 0.4) is 0 Å². The summed E-state index contributed by atoms with van der Waals surface area (Å²) in [6.45, 7) is 4.01. The van der Waals surface area contributed by atoms with E-state index in [4.69, 9.17) is 0 Å². The van der Waals surface area contributed by atoms with Gasteiger partial charge in [-0.15, -0.1) is 0 Å². The van der Waals surface area contributed by atoms with E-state index in [9.17, 15) is 14.4 Å². The van der Waals surface area contributed by atoms with E-state index in [2.05, 4.69) is 5.32 Å². The van der Waals surface area contributed by atoms with Crippen LogP contribution in [0.1, 0.15) is 27.0 Å². The van der Waals surface area contributed by atoms with E-state index in [1.165, 1.54) is 10.6 Å². The summed E-state index contributed by atoms with van der Waals surface area (Å²) in [6.07, 6.45) is 2.04. The molecular weight excluding hydrogens is 434 g/mol. The lowest BCUT2D eigenvalue weighted by atomic mass is 10.1. The first kappa shape index (κ1) is 22.9. The largest absolute Gasteiger partial charge is 0.341 e. The van der Waals surface area contributed by atoms with Gasteiger partial charge in [0.25, 0.3) is 11.5 Å². The standard InChI is InChI=1S/C26H27N3O3S/c1-19-4-2-5-21(16-19)18-29-11-3-6-23(26(29)32)25(31)27-22-9-7-20(8-10-22)17-24(30)28-12-14-33-15-13-28/h2-11,16H,12-15,17-18H2,1H3,(H,27,31). The molecule has 0 spiro atoms. The summed E-state index contributed by atoms with van der Waals surface area (Å²) >= 11 is 1.87. The Bertz CT molecular complexity index is 1200. The van der Waals surface area contributed by atoms with Gasteiger partial charge >= 0.3 is 0 Å². The first-order chi connectivity index (χ1) is 16.0. The molecule has 170 valence electrons. The van der Waals surface area contributed by atoms with Gasteiger partial charge in [0.15, 0.2) is 0 Å². The Balaban J connectivity index is 1.40. The molecule has 1 N–H and O–H groups in total. The minimum Gasteiger partial charge on any atom is -0.341 e. The summed E-state index contributed by atoms with van der Waals surface area (Å²) < 4.78 is 1.54. The highest BCUT2D eigenvalue weighted by atomic mass is 32.2. The topological polar surface area (TPSA) is 71.4 Å². The molecule has 0 bridgehead atoms. The van der Waals surface area contributed by atoms with E-state index in [-0.39, 0.29) is 17.0 Å². The molecular formula is C26H27N3O3S. The van der Waals surface area contributed by atoms with Crippen LogP contribution < -0.4 is 10.9 Å². The lowest BCUT2D eigenvalue weighted by Crippen LogP contribution is -2.38. The van der Waals surface area contributed by atoms with Gasteiger partial charge in [0.2, 0.25) is 5.91 Å². The van der Waals surface area contributed by atoms with Gasteiger partial charge < -0.3 is 14.8 Å². The third kappa shape index (κ3) is 5.93. The van der Waals surface area contributed by atoms with Gasteiger partial charge in [-0.05, 0) is 42.3 Å². The van der Waals surface area contributed by atoms with Crippen LogP contribution in [0.5, 0.6) is 0 Å². The highest BCUT2D eigenvalue weighted by molar-refractivity contribution is 7.99. The SMILES string of the molecule is Cc1cccc(Cn2cccc(C(=O)Nc3ccc(CC(=O)N4CCSCC4)cc3)c2=O)c1. The number of hydrogen-bond acceptors (Lipinski definition) is 4. The minimum atomic E-state index is -0.451. The molecule has 0 aliphatic carbocycles. The van der Waals surface area contributed by atoms with Gasteiger partial charge in [-0.25, -0.2) is 0 Å². The number of nitrogens with zero attached hydrogens (tertiary/aromatic N) is 2. The molecule has 2 amide bonds. The van der Waals surface area contributed by atoms with Gasteiger partial charge in [-0.3, -0.25) is 14.4 Å². The van der Waals surface area contributed by atoms with Crippen molar-refractivity contribution in [1.29, 1.82) is 0 Å². The lowest BCUT2D eigenvalue weighted by Gasteiger charge is -2.26. The number of anilines is 1. The predicted molar refractivity (Wildman–Crippen MR) is 133 cm³/mol. The molecule has 7 heteroatoms. The molecule has 0 unspecified atom stereocenters. The van der Waals surface area contributed by atoms with Crippen molar-refractivity contribution in [3.8, 4) is 0 Å². The van der Waals surface area contributed by atoms with Crippen LogP contribution >= 0.6 is 11.8 Å². The van der Waals surface area contributed by atoms with Crippen LogP contribution in [0.25, 0.3) is 0 Å². The summed E-state index contributed by atoms with van der Waals surface area (Å²) in [5.41, 5.74) is 3.36.